The van der Waals surface area contributed by atoms with Gasteiger partial charge in [0.25, 0.3) is 5.92 Å². The minimum Gasteiger partial charge on any atom is -0.353 e. The van der Waals surface area contributed by atoms with Crippen LogP contribution in [0.4, 0.5) is 14.6 Å². The van der Waals surface area contributed by atoms with Gasteiger partial charge in [0, 0.05) is 25.9 Å². The van der Waals surface area contributed by atoms with Crippen molar-refractivity contribution in [2.45, 2.75) is 18.8 Å². The molecule has 0 aromatic carbocycles. The van der Waals surface area contributed by atoms with Crippen molar-refractivity contribution in [3.05, 3.63) is 5.15 Å². The van der Waals surface area contributed by atoms with Gasteiger partial charge in [-0.15, -0.1) is 0 Å². The van der Waals surface area contributed by atoms with Gasteiger partial charge in [0.15, 0.2) is 11.0 Å². The largest absolute Gasteiger partial charge is 0.353 e. The monoisotopic (exact) mass is 239 g/mol. The molecule has 3 nitrogen and oxygen atoms in total. The molecule has 0 bridgehead atoms. The van der Waals surface area contributed by atoms with Gasteiger partial charge in [-0.1, -0.05) is 11.6 Å². The van der Waals surface area contributed by atoms with Crippen LogP contribution < -0.4 is 4.90 Å². The van der Waals surface area contributed by atoms with E-state index in [9.17, 15) is 8.78 Å². The average Bonchev–Trinajstić information content (AvgIpc) is 2.52. The van der Waals surface area contributed by atoms with E-state index in [0.29, 0.717) is 11.0 Å². The fourth-order valence-electron chi connectivity index (χ4n) is 1.41. The van der Waals surface area contributed by atoms with Crippen LogP contribution in [-0.4, -0.2) is 27.8 Å². The van der Waals surface area contributed by atoms with Gasteiger partial charge < -0.3 is 4.90 Å². The van der Waals surface area contributed by atoms with E-state index < -0.39 is 5.92 Å². The summed E-state index contributed by atoms with van der Waals surface area (Å²) in [4.78, 5) is 1.75. The lowest BCUT2D eigenvalue weighted by atomic mass is 10.1. The van der Waals surface area contributed by atoms with Crippen LogP contribution in [0.1, 0.15) is 12.8 Å². The topological polar surface area (TPSA) is 29.0 Å². The number of halogens is 3. The number of anilines is 1. The molecule has 14 heavy (non-hydrogen) atoms. The van der Waals surface area contributed by atoms with E-state index in [0.717, 1.165) is 11.7 Å². The van der Waals surface area contributed by atoms with E-state index >= 15 is 0 Å². The second kappa shape index (κ2) is 3.58. The van der Waals surface area contributed by atoms with Gasteiger partial charge in [-0.2, -0.15) is 8.75 Å². The predicted octanol–water partition coefficient (Wildman–Crippen LogP) is 2.43. The molecule has 1 aliphatic rings. The Bertz CT molecular complexity index is 320. The molecule has 1 aromatic rings. The molecule has 2 heterocycles. The van der Waals surface area contributed by atoms with Crippen LogP contribution in [0.2, 0.25) is 5.15 Å². The molecule has 78 valence electrons. The Morgan fingerprint density at radius 1 is 1.29 bits per heavy atom. The lowest BCUT2D eigenvalue weighted by molar-refractivity contribution is -0.0221. The summed E-state index contributed by atoms with van der Waals surface area (Å²) in [5, 5.41) is 0.306. The summed E-state index contributed by atoms with van der Waals surface area (Å²) in [5.41, 5.74) is 0. The summed E-state index contributed by atoms with van der Waals surface area (Å²) in [6, 6.07) is 0. The minimum atomic E-state index is -2.54. The molecule has 2 rings (SSSR count). The molecule has 7 heteroatoms. The van der Waals surface area contributed by atoms with Crippen LogP contribution in [0, 0.1) is 0 Å². The predicted molar refractivity (Wildman–Crippen MR) is 51.3 cm³/mol. The molecular weight excluding hydrogens is 232 g/mol. The summed E-state index contributed by atoms with van der Waals surface area (Å²) in [7, 11) is 0. The highest BCUT2D eigenvalue weighted by molar-refractivity contribution is 6.99. The maximum absolute atomic E-state index is 12.8. The highest BCUT2D eigenvalue weighted by Gasteiger charge is 2.35. The smallest absolute Gasteiger partial charge is 0.251 e. The van der Waals surface area contributed by atoms with Gasteiger partial charge in [0.05, 0.1) is 11.7 Å². The first-order valence-corrected chi connectivity index (χ1v) is 5.30. The van der Waals surface area contributed by atoms with Crippen LogP contribution in [0.5, 0.6) is 0 Å². The Hall–Kier alpha value is -0.490. The Balaban J connectivity index is 2.06. The van der Waals surface area contributed by atoms with Gasteiger partial charge >= 0.3 is 0 Å². The van der Waals surface area contributed by atoms with Crippen molar-refractivity contribution in [3.8, 4) is 0 Å². The quantitative estimate of drug-likeness (QED) is 0.754. The van der Waals surface area contributed by atoms with E-state index in [4.69, 9.17) is 11.6 Å². The molecule has 0 amide bonds. The van der Waals surface area contributed by atoms with E-state index in [2.05, 4.69) is 8.75 Å². The first kappa shape index (κ1) is 10.0. The summed E-state index contributed by atoms with van der Waals surface area (Å²) in [6.07, 6.45) is -0.276. The number of aromatic nitrogens is 2. The summed E-state index contributed by atoms with van der Waals surface area (Å²) in [6.45, 7) is 0.580. The van der Waals surface area contributed by atoms with Gasteiger partial charge in [-0.25, -0.2) is 8.78 Å². The van der Waals surface area contributed by atoms with Crippen LogP contribution in [0.3, 0.4) is 0 Å². The summed E-state index contributed by atoms with van der Waals surface area (Å²) in [5.74, 6) is -2.00. The fourth-order valence-corrected chi connectivity index (χ4v) is 2.19. The number of alkyl halides is 2. The highest BCUT2D eigenvalue weighted by atomic mass is 35.5. The normalized spacial score (nSPS) is 21.2. The van der Waals surface area contributed by atoms with Crippen molar-refractivity contribution in [1.82, 2.24) is 8.75 Å². The lowest BCUT2D eigenvalue weighted by Gasteiger charge is -2.31. The third kappa shape index (κ3) is 1.95. The fraction of sp³-hybridized carbons (Fsp3) is 0.714. The van der Waals surface area contributed by atoms with Crippen LogP contribution in [0.15, 0.2) is 0 Å². The van der Waals surface area contributed by atoms with Crippen molar-refractivity contribution in [3.63, 3.8) is 0 Å². The van der Waals surface area contributed by atoms with Crippen molar-refractivity contribution in [2.75, 3.05) is 18.0 Å². The first-order valence-electron chi connectivity index (χ1n) is 4.19. The number of rotatable bonds is 1. The molecule has 0 N–H and O–H groups in total. The zero-order valence-corrected chi connectivity index (χ0v) is 8.78. The molecule has 0 unspecified atom stereocenters. The van der Waals surface area contributed by atoms with E-state index in [1.165, 1.54) is 0 Å². The molecule has 0 radical (unpaired) electrons. The zero-order chi connectivity index (χ0) is 10.2. The second-order valence-corrected chi connectivity index (χ2v) is 4.11. The minimum absolute atomic E-state index is 0.138. The van der Waals surface area contributed by atoms with Gasteiger partial charge in [-0.3, -0.25) is 0 Å². The standard InChI is InChI=1S/C7H8ClF2N3S/c8-5-6(12-14-11-5)13-3-1-7(9,10)2-4-13/h1-4H2. The van der Waals surface area contributed by atoms with Crippen LogP contribution >= 0.6 is 23.3 Å². The Morgan fingerprint density at radius 3 is 2.43 bits per heavy atom. The van der Waals surface area contributed by atoms with Gasteiger partial charge in [0.2, 0.25) is 0 Å². The first-order chi connectivity index (χ1) is 6.58. The van der Waals surface area contributed by atoms with Crippen LogP contribution in [-0.2, 0) is 0 Å². The average molecular weight is 240 g/mol. The molecule has 0 atom stereocenters. The van der Waals surface area contributed by atoms with Crippen molar-refractivity contribution in [2.24, 2.45) is 0 Å². The van der Waals surface area contributed by atoms with Crippen molar-refractivity contribution >= 4 is 29.1 Å². The molecule has 1 saturated heterocycles. The lowest BCUT2D eigenvalue weighted by Crippen LogP contribution is -2.39. The molecule has 1 aliphatic heterocycles. The number of piperidine rings is 1. The molecule has 0 spiro atoms. The highest BCUT2D eigenvalue weighted by Crippen LogP contribution is 2.32. The Morgan fingerprint density at radius 2 is 1.93 bits per heavy atom. The van der Waals surface area contributed by atoms with E-state index in [1.54, 1.807) is 4.90 Å². The van der Waals surface area contributed by atoms with Crippen molar-refractivity contribution < 1.29 is 8.78 Å². The molecule has 0 saturated carbocycles. The SMILES string of the molecule is FC1(F)CCN(c2nsnc2Cl)CC1. The van der Waals surface area contributed by atoms with E-state index in [1.807, 2.05) is 0 Å². The van der Waals surface area contributed by atoms with Gasteiger partial charge in [0.1, 0.15) is 0 Å². The maximum Gasteiger partial charge on any atom is 0.251 e. The zero-order valence-electron chi connectivity index (χ0n) is 7.21. The second-order valence-electron chi connectivity index (χ2n) is 3.22. The third-order valence-corrected chi connectivity index (χ3v) is 3.10. The third-order valence-electron chi connectivity index (χ3n) is 2.23. The number of hydrogen-bond acceptors (Lipinski definition) is 4. The Kier molecular flexibility index (Phi) is 2.57. The van der Waals surface area contributed by atoms with E-state index in [-0.39, 0.29) is 25.9 Å². The van der Waals surface area contributed by atoms with Crippen LogP contribution in [0.25, 0.3) is 0 Å². The molecule has 0 aliphatic carbocycles. The Labute approximate surface area is 89.0 Å². The molecule has 1 aromatic heterocycles. The number of nitrogens with zero attached hydrogens (tertiary/aromatic N) is 3. The molecule has 1 fully saturated rings. The van der Waals surface area contributed by atoms with Crippen molar-refractivity contribution in [1.29, 1.82) is 0 Å². The summed E-state index contributed by atoms with van der Waals surface area (Å²) < 4.78 is 33.4. The van der Waals surface area contributed by atoms with Gasteiger partial charge in [-0.05, 0) is 0 Å². The molecular formula is C7H8ClF2N3S. The maximum atomic E-state index is 12.8. The summed E-state index contributed by atoms with van der Waals surface area (Å²) >= 11 is 6.75. The number of hydrogen-bond donors (Lipinski definition) is 0.